The highest BCUT2D eigenvalue weighted by molar-refractivity contribution is 9.10. The van der Waals surface area contributed by atoms with Gasteiger partial charge < -0.3 is 10.6 Å². The Hall–Kier alpha value is -3.62. The van der Waals surface area contributed by atoms with Crippen LogP contribution in [0.3, 0.4) is 0 Å². The first kappa shape index (κ1) is 24.5. The molecule has 4 aromatic rings. The first-order valence-electron chi connectivity index (χ1n) is 10.7. The molecule has 0 aliphatic heterocycles. The average molecular weight is 554 g/mol. The minimum Gasteiger partial charge on any atom is -0.319 e. The Bertz CT molecular complexity index is 1470. The van der Waals surface area contributed by atoms with Crippen molar-refractivity contribution in [1.29, 1.82) is 0 Å². The fourth-order valence-electron chi connectivity index (χ4n) is 3.92. The topological polar surface area (TPSA) is 92.2 Å². The van der Waals surface area contributed by atoms with E-state index < -0.39 is 17.7 Å². The lowest BCUT2D eigenvalue weighted by Gasteiger charge is -2.15. The molecule has 0 spiro atoms. The molecule has 4 rings (SSSR count). The number of hydrogen-bond acceptors (Lipinski definition) is 3. The van der Waals surface area contributed by atoms with Gasteiger partial charge in [-0.2, -0.15) is 0 Å². The van der Waals surface area contributed by atoms with Gasteiger partial charge in [-0.15, -0.1) is 0 Å². The standard InChI is InChI=1S/C26H22BrClN4O3/c1-14-10-15(2)23(16(3)11-14)30-25(34)26(35)31-32-21-9-8-18(27)12-17(21)13-22(32)24(33)29-20-7-5-4-6-19(20)28/h4-13H,1-3H3,(H,29,33)(H,30,34)(H,31,35). The van der Waals surface area contributed by atoms with Gasteiger partial charge in [-0.25, -0.2) is 4.68 Å². The van der Waals surface area contributed by atoms with E-state index in [1.807, 2.05) is 39.0 Å². The van der Waals surface area contributed by atoms with Crippen molar-refractivity contribution in [3.8, 4) is 0 Å². The first-order chi connectivity index (χ1) is 16.6. The lowest BCUT2D eigenvalue weighted by atomic mass is 10.1. The van der Waals surface area contributed by atoms with Crippen LogP contribution in [0, 0.1) is 20.8 Å². The van der Waals surface area contributed by atoms with E-state index in [4.69, 9.17) is 11.6 Å². The SMILES string of the molecule is Cc1cc(C)c(NC(=O)C(=O)Nn2c(C(=O)Nc3ccccc3Cl)cc3cc(Br)ccc32)c(C)c1. The van der Waals surface area contributed by atoms with Crippen LogP contribution in [0.5, 0.6) is 0 Å². The van der Waals surface area contributed by atoms with Gasteiger partial charge in [0, 0.05) is 15.5 Å². The number of benzene rings is 3. The molecule has 3 amide bonds. The Kier molecular flexibility index (Phi) is 6.95. The maximum atomic E-state index is 13.2. The molecule has 0 aliphatic carbocycles. The third-order valence-corrected chi connectivity index (χ3v) is 6.28. The highest BCUT2D eigenvalue weighted by Crippen LogP contribution is 2.26. The number of aromatic nitrogens is 1. The van der Waals surface area contributed by atoms with Crippen LogP contribution in [0.1, 0.15) is 27.2 Å². The van der Waals surface area contributed by atoms with Crippen LogP contribution in [0.15, 0.2) is 65.1 Å². The number of anilines is 2. The highest BCUT2D eigenvalue weighted by Gasteiger charge is 2.22. The lowest BCUT2D eigenvalue weighted by Crippen LogP contribution is -2.36. The smallest absolute Gasteiger partial charge is 0.319 e. The van der Waals surface area contributed by atoms with Crippen molar-refractivity contribution in [2.75, 3.05) is 16.1 Å². The van der Waals surface area contributed by atoms with Gasteiger partial charge in [-0.05, 0) is 68.3 Å². The average Bonchev–Trinajstić information content (AvgIpc) is 3.14. The van der Waals surface area contributed by atoms with Gasteiger partial charge in [0.05, 0.1) is 16.2 Å². The summed E-state index contributed by atoms with van der Waals surface area (Å²) < 4.78 is 2.10. The Balaban J connectivity index is 1.65. The minimum absolute atomic E-state index is 0.127. The van der Waals surface area contributed by atoms with Crippen molar-refractivity contribution in [3.05, 3.63) is 92.5 Å². The maximum absolute atomic E-state index is 13.2. The fraction of sp³-hybridized carbons (Fsp3) is 0.115. The summed E-state index contributed by atoms with van der Waals surface area (Å²) in [4.78, 5) is 38.8. The molecule has 0 aliphatic rings. The molecule has 7 nitrogen and oxygen atoms in total. The summed E-state index contributed by atoms with van der Waals surface area (Å²) >= 11 is 9.60. The number of para-hydroxylation sites is 1. The van der Waals surface area contributed by atoms with Crippen molar-refractivity contribution < 1.29 is 14.4 Å². The van der Waals surface area contributed by atoms with Crippen LogP contribution in [0.2, 0.25) is 5.02 Å². The molecule has 0 bridgehead atoms. The number of rotatable bonds is 4. The molecule has 0 saturated heterocycles. The molecular weight excluding hydrogens is 532 g/mol. The van der Waals surface area contributed by atoms with Crippen LogP contribution >= 0.6 is 27.5 Å². The van der Waals surface area contributed by atoms with Crippen molar-refractivity contribution in [1.82, 2.24) is 4.68 Å². The molecule has 0 fully saturated rings. The minimum atomic E-state index is -0.920. The summed E-state index contributed by atoms with van der Waals surface area (Å²) in [7, 11) is 0. The van der Waals surface area contributed by atoms with E-state index in [1.54, 1.807) is 42.5 Å². The maximum Gasteiger partial charge on any atom is 0.328 e. The number of halogens is 2. The molecule has 9 heteroatoms. The second-order valence-electron chi connectivity index (χ2n) is 8.17. The molecule has 178 valence electrons. The van der Waals surface area contributed by atoms with E-state index in [-0.39, 0.29) is 5.69 Å². The van der Waals surface area contributed by atoms with Crippen LogP contribution in [-0.2, 0) is 9.59 Å². The van der Waals surface area contributed by atoms with Crippen molar-refractivity contribution >= 4 is 67.5 Å². The van der Waals surface area contributed by atoms with Crippen molar-refractivity contribution in [2.24, 2.45) is 0 Å². The van der Waals surface area contributed by atoms with Crippen LogP contribution < -0.4 is 16.1 Å². The Morgan fingerprint density at radius 2 is 1.54 bits per heavy atom. The van der Waals surface area contributed by atoms with E-state index in [2.05, 4.69) is 32.0 Å². The van der Waals surface area contributed by atoms with Crippen molar-refractivity contribution in [3.63, 3.8) is 0 Å². The van der Waals surface area contributed by atoms with Gasteiger partial charge in [-0.3, -0.25) is 19.8 Å². The van der Waals surface area contributed by atoms with Crippen molar-refractivity contribution in [2.45, 2.75) is 20.8 Å². The monoisotopic (exact) mass is 552 g/mol. The molecular formula is C26H22BrClN4O3. The number of carbonyl (C=O) groups is 3. The molecule has 1 heterocycles. The molecule has 35 heavy (non-hydrogen) atoms. The summed E-state index contributed by atoms with van der Waals surface area (Å²) in [5, 5.41) is 6.49. The zero-order valence-corrected chi connectivity index (χ0v) is 21.5. The first-order valence-corrected chi connectivity index (χ1v) is 11.9. The third kappa shape index (κ3) is 5.23. The quantitative estimate of drug-likeness (QED) is 0.273. The summed E-state index contributed by atoms with van der Waals surface area (Å²) in [5.41, 5.74) is 6.98. The van der Waals surface area contributed by atoms with E-state index in [9.17, 15) is 14.4 Å². The number of carbonyl (C=O) groups excluding carboxylic acids is 3. The Labute approximate surface area is 215 Å². The van der Waals surface area contributed by atoms with E-state index in [1.165, 1.54) is 4.68 Å². The highest BCUT2D eigenvalue weighted by atomic mass is 79.9. The largest absolute Gasteiger partial charge is 0.328 e. The normalized spacial score (nSPS) is 10.8. The number of hydrogen-bond donors (Lipinski definition) is 3. The number of amides is 3. The molecule has 3 N–H and O–H groups in total. The number of nitrogens with one attached hydrogen (secondary N) is 3. The zero-order valence-electron chi connectivity index (χ0n) is 19.2. The molecule has 1 aromatic heterocycles. The second-order valence-corrected chi connectivity index (χ2v) is 9.49. The molecule has 0 saturated carbocycles. The number of nitrogens with zero attached hydrogens (tertiary/aromatic N) is 1. The summed E-state index contributed by atoms with van der Waals surface area (Å²) in [5.74, 6) is -2.27. The number of aryl methyl sites for hydroxylation is 3. The Morgan fingerprint density at radius 3 is 2.23 bits per heavy atom. The lowest BCUT2D eigenvalue weighted by molar-refractivity contribution is -0.133. The summed E-state index contributed by atoms with van der Waals surface area (Å²) in [6.45, 7) is 5.69. The summed E-state index contributed by atoms with van der Waals surface area (Å²) in [6.07, 6.45) is 0. The van der Waals surface area contributed by atoms with Crippen LogP contribution in [0.4, 0.5) is 11.4 Å². The molecule has 0 unspecified atom stereocenters. The van der Waals surface area contributed by atoms with Crippen LogP contribution in [0.25, 0.3) is 10.9 Å². The van der Waals surface area contributed by atoms with Gasteiger partial charge in [-0.1, -0.05) is 57.4 Å². The van der Waals surface area contributed by atoms with E-state index in [0.29, 0.717) is 27.3 Å². The van der Waals surface area contributed by atoms with Gasteiger partial charge in [0.15, 0.2) is 0 Å². The predicted octanol–water partition coefficient (Wildman–Crippen LogP) is 5.94. The molecule has 0 atom stereocenters. The Morgan fingerprint density at radius 1 is 0.857 bits per heavy atom. The van der Waals surface area contributed by atoms with Gasteiger partial charge in [0.2, 0.25) is 0 Å². The molecule has 0 radical (unpaired) electrons. The predicted molar refractivity (Wildman–Crippen MR) is 143 cm³/mol. The van der Waals surface area contributed by atoms with Crippen LogP contribution in [-0.4, -0.2) is 22.4 Å². The number of fused-ring (bicyclic) bond motifs is 1. The fourth-order valence-corrected chi connectivity index (χ4v) is 4.48. The second kappa shape index (κ2) is 9.93. The third-order valence-electron chi connectivity index (χ3n) is 5.45. The van der Waals surface area contributed by atoms with Gasteiger partial charge in [0.25, 0.3) is 5.91 Å². The van der Waals surface area contributed by atoms with E-state index in [0.717, 1.165) is 21.2 Å². The zero-order chi connectivity index (χ0) is 25.3. The van der Waals surface area contributed by atoms with E-state index >= 15 is 0 Å². The van der Waals surface area contributed by atoms with Gasteiger partial charge in [0.1, 0.15) is 5.69 Å². The molecule has 3 aromatic carbocycles. The summed E-state index contributed by atoms with van der Waals surface area (Å²) in [6, 6.07) is 17.6. The van der Waals surface area contributed by atoms with Gasteiger partial charge >= 0.3 is 11.8 Å².